The van der Waals surface area contributed by atoms with Crippen molar-refractivity contribution in [1.29, 1.82) is 0 Å². The first-order chi connectivity index (χ1) is 6.63. The van der Waals surface area contributed by atoms with Crippen molar-refractivity contribution < 1.29 is 14.7 Å². The summed E-state index contributed by atoms with van der Waals surface area (Å²) >= 11 is 0. The van der Waals surface area contributed by atoms with Crippen molar-refractivity contribution in [1.82, 2.24) is 5.32 Å². The molecule has 4 heteroatoms. The topological polar surface area (TPSA) is 66.4 Å². The summed E-state index contributed by atoms with van der Waals surface area (Å²) < 4.78 is 0. The van der Waals surface area contributed by atoms with Crippen molar-refractivity contribution in [3.63, 3.8) is 0 Å². The van der Waals surface area contributed by atoms with Crippen LogP contribution in [-0.4, -0.2) is 23.5 Å². The van der Waals surface area contributed by atoms with Gasteiger partial charge in [0.05, 0.1) is 6.04 Å². The van der Waals surface area contributed by atoms with Gasteiger partial charge in [0.2, 0.25) is 0 Å². The number of nitrogens with one attached hydrogen (secondary N) is 1. The van der Waals surface area contributed by atoms with Crippen LogP contribution in [0.1, 0.15) is 32.6 Å². The Balaban J connectivity index is 2.44. The van der Waals surface area contributed by atoms with Crippen molar-refractivity contribution >= 4 is 12.4 Å². The molecule has 0 aromatic heterocycles. The molecule has 0 bridgehead atoms. The van der Waals surface area contributed by atoms with Crippen molar-refractivity contribution in [2.45, 2.75) is 38.6 Å². The number of aldehydes is 1. The molecule has 0 aromatic rings. The Bertz CT molecular complexity index is 209. The average Bonchev–Trinajstić information content (AvgIpc) is 2.15. The number of rotatable bonds is 3. The van der Waals surface area contributed by atoms with Crippen LogP contribution in [0.2, 0.25) is 0 Å². The third kappa shape index (κ3) is 3.01. The number of carboxylic acid groups (broad SMARTS) is 1. The summed E-state index contributed by atoms with van der Waals surface area (Å²) in [6.07, 6.45) is 3.69. The molecule has 0 heterocycles. The highest BCUT2D eigenvalue weighted by molar-refractivity contribution is 5.71. The second kappa shape index (κ2) is 4.98. The highest BCUT2D eigenvalue weighted by Gasteiger charge is 2.26. The molecule has 1 fully saturated rings. The van der Waals surface area contributed by atoms with Crippen LogP contribution in [0, 0.1) is 11.8 Å². The maximum Gasteiger partial charge on any atom is 0.405 e. The molecule has 1 aliphatic carbocycles. The SMILES string of the molecule is CC1CCC(C(C=O)NC(=O)O)CC1. The standard InChI is InChI=1S/C10H17NO3/c1-7-2-4-8(5-3-7)9(6-12)11-10(13)14/h6-9,11H,2-5H2,1H3,(H,13,14). The van der Waals surface area contributed by atoms with Gasteiger partial charge in [0.15, 0.2) is 0 Å². The van der Waals surface area contributed by atoms with Gasteiger partial charge in [0, 0.05) is 0 Å². The van der Waals surface area contributed by atoms with Crippen LogP contribution in [0.5, 0.6) is 0 Å². The van der Waals surface area contributed by atoms with Gasteiger partial charge >= 0.3 is 6.09 Å². The second-order valence-corrected chi connectivity index (χ2v) is 4.13. The van der Waals surface area contributed by atoms with E-state index in [4.69, 9.17) is 5.11 Å². The predicted molar refractivity (Wildman–Crippen MR) is 52.1 cm³/mol. The van der Waals surface area contributed by atoms with E-state index in [-0.39, 0.29) is 5.92 Å². The lowest BCUT2D eigenvalue weighted by atomic mass is 9.79. The molecule has 2 N–H and O–H groups in total. The van der Waals surface area contributed by atoms with Gasteiger partial charge in [-0.3, -0.25) is 0 Å². The molecule has 80 valence electrons. The van der Waals surface area contributed by atoms with Gasteiger partial charge in [-0.15, -0.1) is 0 Å². The Morgan fingerprint density at radius 3 is 2.43 bits per heavy atom. The van der Waals surface area contributed by atoms with Gasteiger partial charge in [-0.05, 0) is 24.7 Å². The Morgan fingerprint density at radius 1 is 1.43 bits per heavy atom. The van der Waals surface area contributed by atoms with Crippen LogP contribution in [0.4, 0.5) is 4.79 Å². The Labute approximate surface area is 83.7 Å². The Morgan fingerprint density at radius 2 is 2.00 bits per heavy atom. The van der Waals surface area contributed by atoms with Crippen molar-refractivity contribution in [3.8, 4) is 0 Å². The Hall–Kier alpha value is -1.06. The number of hydrogen-bond acceptors (Lipinski definition) is 2. The lowest BCUT2D eigenvalue weighted by Gasteiger charge is -2.29. The summed E-state index contributed by atoms with van der Waals surface area (Å²) in [5, 5.41) is 10.8. The number of carbonyl (C=O) groups is 2. The Kier molecular flexibility index (Phi) is 3.92. The van der Waals surface area contributed by atoms with Gasteiger partial charge in [-0.25, -0.2) is 4.79 Å². The van der Waals surface area contributed by atoms with Crippen LogP contribution in [0.25, 0.3) is 0 Å². The zero-order valence-electron chi connectivity index (χ0n) is 8.40. The van der Waals surface area contributed by atoms with Crippen LogP contribution in [-0.2, 0) is 4.79 Å². The normalized spacial score (nSPS) is 29.2. The van der Waals surface area contributed by atoms with Crippen molar-refractivity contribution in [2.24, 2.45) is 11.8 Å². The van der Waals surface area contributed by atoms with E-state index in [1.54, 1.807) is 0 Å². The zero-order valence-corrected chi connectivity index (χ0v) is 8.40. The summed E-state index contributed by atoms with van der Waals surface area (Å²) in [5.41, 5.74) is 0. The summed E-state index contributed by atoms with van der Waals surface area (Å²) in [7, 11) is 0. The largest absolute Gasteiger partial charge is 0.465 e. The van der Waals surface area contributed by atoms with Gasteiger partial charge in [0.1, 0.15) is 6.29 Å². The number of carbonyl (C=O) groups excluding carboxylic acids is 1. The highest BCUT2D eigenvalue weighted by atomic mass is 16.4. The first kappa shape index (κ1) is 11.0. The maximum atomic E-state index is 10.7. The molecule has 0 radical (unpaired) electrons. The molecule has 0 saturated heterocycles. The summed E-state index contributed by atoms with van der Waals surface area (Å²) in [5.74, 6) is 0.906. The minimum atomic E-state index is -1.11. The monoisotopic (exact) mass is 199 g/mol. The fourth-order valence-corrected chi connectivity index (χ4v) is 2.05. The maximum absolute atomic E-state index is 10.7. The molecule has 1 saturated carbocycles. The fraction of sp³-hybridized carbons (Fsp3) is 0.800. The summed E-state index contributed by atoms with van der Waals surface area (Å²) in [6, 6.07) is -0.514. The molecule has 1 aliphatic rings. The molecular formula is C10H17NO3. The van der Waals surface area contributed by atoms with E-state index in [1.165, 1.54) is 0 Å². The van der Waals surface area contributed by atoms with Crippen LogP contribution >= 0.6 is 0 Å². The third-order valence-electron chi connectivity index (χ3n) is 3.01. The third-order valence-corrected chi connectivity index (χ3v) is 3.01. The molecule has 1 amide bonds. The van der Waals surface area contributed by atoms with E-state index < -0.39 is 12.1 Å². The van der Waals surface area contributed by atoms with Gasteiger partial charge < -0.3 is 15.2 Å². The quantitative estimate of drug-likeness (QED) is 0.679. The molecule has 1 unspecified atom stereocenters. The number of amides is 1. The smallest absolute Gasteiger partial charge is 0.405 e. The minimum Gasteiger partial charge on any atom is -0.465 e. The molecule has 1 rings (SSSR count). The van der Waals surface area contributed by atoms with Gasteiger partial charge in [0.25, 0.3) is 0 Å². The van der Waals surface area contributed by atoms with Gasteiger partial charge in [-0.1, -0.05) is 19.8 Å². The van der Waals surface area contributed by atoms with E-state index in [0.717, 1.165) is 32.0 Å². The molecule has 0 spiro atoms. The van der Waals surface area contributed by atoms with E-state index in [1.807, 2.05) is 0 Å². The zero-order chi connectivity index (χ0) is 10.6. The molecule has 14 heavy (non-hydrogen) atoms. The van der Waals surface area contributed by atoms with Crippen molar-refractivity contribution in [3.05, 3.63) is 0 Å². The fourth-order valence-electron chi connectivity index (χ4n) is 2.05. The van der Waals surface area contributed by atoms with Crippen LogP contribution in [0.3, 0.4) is 0 Å². The summed E-state index contributed by atoms with van der Waals surface area (Å²) in [4.78, 5) is 21.1. The minimum absolute atomic E-state index is 0.194. The predicted octanol–water partition coefficient (Wildman–Crippen LogP) is 1.65. The lowest BCUT2D eigenvalue weighted by molar-refractivity contribution is -0.110. The highest BCUT2D eigenvalue weighted by Crippen LogP contribution is 2.29. The number of hydrogen-bond donors (Lipinski definition) is 2. The second-order valence-electron chi connectivity index (χ2n) is 4.13. The van der Waals surface area contributed by atoms with Crippen LogP contribution < -0.4 is 5.32 Å². The van der Waals surface area contributed by atoms with E-state index in [9.17, 15) is 9.59 Å². The van der Waals surface area contributed by atoms with Gasteiger partial charge in [-0.2, -0.15) is 0 Å². The van der Waals surface area contributed by atoms with Crippen molar-refractivity contribution in [2.75, 3.05) is 0 Å². The summed E-state index contributed by atoms with van der Waals surface area (Å²) in [6.45, 7) is 2.19. The molecule has 0 aliphatic heterocycles. The van der Waals surface area contributed by atoms with E-state index >= 15 is 0 Å². The van der Waals surface area contributed by atoms with E-state index in [2.05, 4.69) is 12.2 Å². The lowest BCUT2D eigenvalue weighted by Crippen LogP contribution is -2.42. The molecule has 1 atom stereocenters. The van der Waals surface area contributed by atoms with E-state index in [0.29, 0.717) is 5.92 Å². The van der Waals surface area contributed by atoms with Crippen LogP contribution in [0.15, 0.2) is 0 Å². The first-order valence-corrected chi connectivity index (χ1v) is 5.08. The molecule has 0 aromatic carbocycles. The first-order valence-electron chi connectivity index (χ1n) is 5.08. The molecular weight excluding hydrogens is 182 g/mol. The molecule has 4 nitrogen and oxygen atoms in total. The average molecular weight is 199 g/mol.